The first kappa shape index (κ1) is 30.7. The molecular weight excluding hydrogens is 564 g/mol. The minimum absolute atomic E-state index is 0.0570. The third kappa shape index (κ3) is 8.08. The van der Waals surface area contributed by atoms with Crippen molar-refractivity contribution in [2.75, 3.05) is 52.2 Å². The molecule has 3 aromatic rings. The third-order valence-corrected chi connectivity index (χ3v) is 6.56. The highest BCUT2D eigenvalue weighted by Crippen LogP contribution is 2.40. The van der Waals surface area contributed by atoms with E-state index >= 15 is 0 Å². The van der Waals surface area contributed by atoms with E-state index in [0.717, 1.165) is 0 Å². The number of hydrogen-bond donors (Lipinski definition) is 4. The second-order valence-electron chi connectivity index (χ2n) is 8.15. The molecule has 4 N–H and O–H groups in total. The fraction of sp³-hybridized carbons (Fsp3) is 0.320. The number of hydrogen-bond acceptors (Lipinski definition) is 10. The Morgan fingerprint density at radius 3 is 2.33 bits per heavy atom. The minimum Gasteiger partial charge on any atom is -0.497 e. The molecule has 15 heteroatoms. The molecule has 0 saturated carbocycles. The van der Waals surface area contributed by atoms with Crippen molar-refractivity contribution >= 4 is 51.9 Å². The second-order valence-corrected chi connectivity index (χ2v) is 9.54. The Hall–Kier alpha value is -3.85. The van der Waals surface area contributed by atoms with Crippen LogP contribution in [-0.4, -0.2) is 70.5 Å². The topological polar surface area (TPSA) is 156 Å². The molecule has 1 atom stereocenters. The predicted molar refractivity (Wildman–Crippen MR) is 153 cm³/mol. The van der Waals surface area contributed by atoms with Gasteiger partial charge in [0.1, 0.15) is 10.8 Å². The lowest BCUT2D eigenvalue weighted by Gasteiger charge is -2.21. The molecule has 1 amide bonds. The van der Waals surface area contributed by atoms with E-state index in [0.29, 0.717) is 39.9 Å². The summed E-state index contributed by atoms with van der Waals surface area (Å²) in [7, 11) is 6.07. The van der Waals surface area contributed by atoms with E-state index in [-0.39, 0.29) is 42.3 Å². The van der Waals surface area contributed by atoms with Gasteiger partial charge in [0.25, 0.3) is 0 Å². The lowest BCUT2D eigenvalue weighted by molar-refractivity contribution is -0.118. The van der Waals surface area contributed by atoms with Crippen molar-refractivity contribution in [2.45, 2.75) is 13.5 Å². The first-order valence-corrected chi connectivity index (χ1v) is 13.3. The molecule has 1 heterocycles. The highest BCUT2D eigenvalue weighted by Gasteiger charge is 2.18. The lowest BCUT2D eigenvalue weighted by Crippen LogP contribution is -2.34. The normalized spacial score (nSPS) is 11.5. The first-order valence-electron chi connectivity index (χ1n) is 11.8. The summed E-state index contributed by atoms with van der Waals surface area (Å²) >= 11 is 4.12. The molecule has 0 fully saturated rings. The fourth-order valence-corrected chi connectivity index (χ4v) is 4.27. The molecule has 2 aromatic carbocycles. The molecule has 13 nitrogen and oxygen atoms in total. The summed E-state index contributed by atoms with van der Waals surface area (Å²) in [5.41, 5.74) is 1.77. The van der Waals surface area contributed by atoms with Gasteiger partial charge in [0.15, 0.2) is 17.3 Å². The van der Waals surface area contributed by atoms with Crippen molar-refractivity contribution < 1.29 is 32.5 Å². The third-order valence-electron chi connectivity index (χ3n) is 5.53. The number of halogens is 1. The smallest absolute Gasteiger partial charge is 0.234 e. The Balaban J connectivity index is 1.89. The van der Waals surface area contributed by atoms with E-state index in [1.807, 2.05) is 0 Å². The average molecular weight is 595 g/mol. The van der Waals surface area contributed by atoms with Crippen molar-refractivity contribution in [3.63, 3.8) is 0 Å². The summed E-state index contributed by atoms with van der Waals surface area (Å²) in [5.74, 6) is 2.16. The summed E-state index contributed by atoms with van der Waals surface area (Å²) in [4.78, 5) is 20.0. The first-order chi connectivity index (χ1) is 19.2. The average Bonchev–Trinajstić information content (AvgIpc) is 2.94. The molecule has 216 valence electrons. The standard InChI is InChI=1S/C25H31ClN6O7S/c1-15(33)27-8-9-32(40(34)35)14-16-10-18(36-2)6-7-20(16)30-24-19(26)13-28-25(31-24)29-17-11-21(37-3)23(39-5)22(12-17)38-4/h6-7,10-13H,8-9,14H2,1-5H3,(H,27,33)(H,34,35)(H2,28,29,30,31). The van der Waals surface area contributed by atoms with Gasteiger partial charge in [-0.3, -0.25) is 9.35 Å². The molecule has 1 unspecified atom stereocenters. The molecular formula is C25H31ClN6O7S. The second kappa shape index (κ2) is 14.5. The van der Waals surface area contributed by atoms with Crippen LogP contribution < -0.4 is 34.9 Å². The number of carbonyl (C=O) groups is 1. The van der Waals surface area contributed by atoms with Crippen LogP contribution in [-0.2, 0) is 22.6 Å². The maximum absolute atomic E-state index is 12.0. The number of rotatable bonds is 14. The van der Waals surface area contributed by atoms with Gasteiger partial charge in [0.05, 0.1) is 34.6 Å². The molecule has 3 rings (SSSR count). The van der Waals surface area contributed by atoms with Gasteiger partial charge in [-0.05, 0) is 23.8 Å². The van der Waals surface area contributed by atoms with E-state index in [2.05, 4.69) is 25.9 Å². The zero-order valence-electron chi connectivity index (χ0n) is 22.6. The number of benzene rings is 2. The molecule has 0 saturated heterocycles. The van der Waals surface area contributed by atoms with Crippen LogP contribution in [0.3, 0.4) is 0 Å². The largest absolute Gasteiger partial charge is 0.497 e. The van der Waals surface area contributed by atoms with Crippen LogP contribution in [0, 0.1) is 0 Å². The van der Waals surface area contributed by atoms with E-state index < -0.39 is 11.3 Å². The van der Waals surface area contributed by atoms with Crippen LogP contribution in [0.2, 0.25) is 5.02 Å². The van der Waals surface area contributed by atoms with Crippen LogP contribution in [0.1, 0.15) is 12.5 Å². The van der Waals surface area contributed by atoms with Crippen LogP contribution in [0.5, 0.6) is 23.0 Å². The molecule has 1 aromatic heterocycles. The maximum Gasteiger partial charge on any atom is 0.234 e. The number of nitrogens with one attached hydrogen (secondary N) is 3. The molecule has 0 aliphatic carbocycles. The van der Waals surface area contributed by atoms with Gasteiger partial charge in [0.2, 0.25) is 28.9 Å². The highest BCUT2D eigenvalue weighted by atomic mass is 35.5. The van der Waals surface area contributed by atoms with Gasteiger partial charge in [-0.15, -0.1) is 0 Å². The van der Waals surface area contributed by atoms with Gasteiger partial charge in [0, 0.05) is 50.1 Å². The molecule has 0 spiro atoms. The number of methoxy groups -OCH3 is 4. The maximum atomic E-state index is 12.0. The van der Waals surface area contributed by atoms with Crippen molar-refractivity contribution in [1.82, 2.24) is 19.6 Å². The van der Waals surface area contributed by atoms with Crippen LogP contribution in [0.15, 0.2) is 36.5 Å². The van der Waals surface area contributed by atoms with Crippen molar-refractivity contribution in [3.8, 4) is 23.0 Å². The number of nitrogens with zero attached hydrogens (tertiary/aromatic N) is 3. The summed E-state index contributed by atoms with van der Waals surface area (Å²) in [5, 5.41) is 9.13. The van der Waals surface area contributed by atoms with Crippen molar-refractivity contribution in [3.05, 3.63) is 47.1 Å². The van der Waals surface area contributed by atoms with Crippen LogP contribution >= 0.6 is 11.6 Å². The summed E-state index contributed by atoms with van der Waals surface area (Å²) < 4.78 is 44.6. The van der Waals surface area contributed by atoms with Crippen molar-refractivity contribution in [2.24, 2.45) is 0 Å². The van der Waals surface area contributed by atoms with E-state index in [1.54, 1.807) is 30.3 Å². The highest BCUT2D eigenvalue weighted by molar-refractivity contribution is 7.76. The molecule has 0 bridgehead atoms. The van der Waals surface area contributed by atoms with E-state index in [1.165, 1.54) is 45.9 Å². The quantitative estimate of drug-likeness (QED) is 0.202. The van der Waals surface area contributed by atoms with Crippen LogP contribution in [0.25, 0.3) is 0 Å². The van der Waals surface area contributed by atoms with Crippen LogP contribution in [0.4, 0.5) is 23.1 Å². The SMILES string of the molecule is COc1ccc(Nc2nc(Nc3cc(OC)c(OC)c(OC)c3)ncc2Cl)c(CN(CCNC(C)=O)S(=O)O)c1. The number of ether oxygens (including phenoxy) is 4. The Morgan fingerprint density at radius 2 is 1.75 bits per heavy atom. The molecule has 0 aliphatic rings. The Morgan fingerprint density at radius 1 is 1.05 bits per heavy atom. The fourth-order valence-electron chi connectivity index (χ4n) is 3.63. The Labute approximate surface area is 239 Å². The minimum atomic E-state index is -2.30. The molecule has 40 heavy (non-hydrogen) atoms. The van der Waals surface area contributed by atoms with Gasteiger partial charge in [-0.25, -0.2) is 9.19 Å². The summed E-state index contributed by atoms with van der Waals surface area (Å²) in [6, 6.07) is 8.61. The number of aromatic nitrogens is 2. The van der Waals surface area contributed by atoms with E-state index in [4.69, 9.17) is 30.5 Å². The summed E-state index contributed by atoms with van der Waals surface area (Å²) in [6.07, 6.45) is 1.43. The van der Waals surface area contributed by atoms with Gasteiger partial charge in [-0.1, -0.05) is 11.6 Å². The monoisotopic (exact) mass is 594 g/mol. The van der Waals surface area contributed by atoms with Gasteiger partial charge in [-0.2, -0.15) is 9.29 Å². The Bertz CT molecular complexity index is 1340. The zero-order valence-corrected chi connectivity index (χ0v) is 24.2. The molecule has 0 aliphatic heterocycles. The number of carbonyl (C=O) groups excluding carboxylic acids is 1. The van der Waals surface area contributed by atoms with Gasteiger partial charge < -0.3 is 34.9 Å². The van der Waals surface area contributed by atoms with Crippen molar-refractivity contribution in [1.29, 1.82) is 0 Å². The predicted octanol–water partition coefficient (Wildman–Crippen LogP) is 3.73. The number of amides is 1. The zero-order chi connectivity index (χ0) is 29.2. The number of anilines is 4. The van der Waals surface area contributed by atoms with E-state index in [9.17, 15) is 13.6 Å². The lowest BCUT2D eigenvalue weighted by atomic mass is 10.1. The Kier molecular flexibility index (Phi) is 11.1. The molecule has 0 radical (unpaired) electrons. The van der Waals surface area contributed by atoms with Gasteiger partial charge >= 0.3 is 0 Å². The summed E-state index contributed by atoms with van der Waals surface area (Å²) in [6.45, 7) is 1.76.